The van der Waals surface area contributed by atoms with Gasteiger partial charge in [-0.15, -0.1) is 0 Å². The van der Waals surface area contributed by atoms with Crippen LogP contribution in [0.4, 0.5) is 0 Å². The van der Waals surface area contributed by atoms with Gasteiger partial charge in [-0.05, 0) is 54.5 Å². The highest BCUT2D eigenvalue weighted by atomic mass is 16.5. The number of para-hydroxylation sites is 1. The lowest BCUT2D eigenvalue weighted by Gasteiger charge is -2.51. The molecule has 4 heteroatoms. The van der Waals surface area contributed by atoms with Crippen molar-refractivity contribution >= 4 is 16.9 Å². The van der Waals surface area contributed by atoms with Crippen LogP contribution >= 0.6 is 0 Å². The molecule has 1 unspecified atom stereocenters. The van der Waals surface area contributed by atoms with Gasteiger partial charge in [0.2, 0.25) is 0 Å². The molecule has 3 aliphatic heterocycles. The highest BCUT2D eigenvalue weighted by Gasteiger charge is 2.45. The Hall–Kier alpha value is -3.50. The maximum Gasteiger partial charge on any atom is 0.318 e. The Morgan fingerprint density at radius 2 is 1.62 bits per heavy atom. The van der Waals surface area contributed by atoms with Crippen LogP contribution in [-0.4, -0.2) is 35.0 Å². The summed E-state index contributed by atoms with van der Waals surface area (Å²) in [6.07, 6.45) is 5.02. The van der Waals surface area contributed by atoms with Crippen LogP contribution in [0.5, 0.6) is 0 Å². The molecule has 37 heavy (non-hydrogen) atoms. The average molecular weight is 491 g/mol. The van der Waals surface area contributed by atoms with Crippen LogP contribution in [0.2, 0.25) is 0 Å². The van der Waals surface area contributed by atoms with Gasteiger partial charge in [-0.2, -0.15) is 0 Å². The monoisotopic (exact) mass is 490 g/mol. The predicted octanol–water partition coefficient (Wildman–Crippen LogP) is 6.77. The number of aromatic nitrogens is 1. The highest BCUT2D eigenvalue weighted by molar-refractivity contribution is 5.85. The van der Waals surface area contributed by atoms with Gasteiger partial charge in [-0.25, -0.2) is 0 Å². The standard InChI is InChI=1S/C33H34N2O2/c1-2-23-22-35-20-18-26(23)21-30(35)32(28-17-19-34-29-16-10-9-15-27(28)29)37-33(36)31(24-11-5-3-6-12-24)25-13-7-4-8-14-25/h3-17,19,23,26,30-32H,2,18,20-22H2,1H3/t23-,26+,30-,32+/m0/s1. The van der Waals surface area contributed by atoms with Gasteiger partial charge in [0, 0.05) is 23.7 Å². The lowest BCUT2D eigenvalue weighted by Crippen LogP contribution is -2.55. The number of ether oxygens (including phenoxy) is 1. The van der Waals surface area contributed by atoms with Crippen molar-refractivity contribution in [2.45, 2.75) is 44.2 Å². The molecule has 0 spiro atoms. The average Bonchev–Trinajstić information content (AvgIpc) is 2.97. The van der Waals surface area contributed by atoms with Gasteiger partial charge in [0.1, 0.15) is 12.0 Å². The Morgan fingerprint density at radius 3 is 2.27 bits per heavy atom. The summed E-state index contributed by atoms with van der Waals surface area (Å²) in [6.45, 7) is 4.47. The first-order valence-corrected chi connectivity index (χ1v) is 13.6. The fraction of sp³-hybridized carbons (Fsp3) is 0.333. The molecule has 0 saturated carbocycles. The van der Waals surface area contributed by atoms with Crippen LogP contribution in [0.1, 0.15) is 54.9 Å². The van der Waals surface area contributed by atoms with Crippen molar-refractivity contribution in [2.75, 3.05) is 13.1 Å². The molecule has 3 fully saturated rings. The summed E-state index contributed by atoms with van der Waals surface area (Å²) >= 11 is 0. The number of hydrogen-bond acceptors (Lipinski definition) is 4. The van der Waals surface area contributed by atoms with E-state index in [4.69, 9.17) is 4.74 Å². The second kappa shape index (κ2) is 10.5. The van der Waals surface area contributed by atoms with Gasteiger partial charge >= 0.3 is 5.97 Å². The Kier molecular flexibility index (Phi) is 6.75. The maximum absolute atomic E-state index is 14.2. The second-order valence-corrected chi connectivity index (χ2v) is 10.5. The lowest BCUT2D eigenvalue weighted by molar-refractivity contribution is -0.158. The highest BCUT2D eigenvalue weighted by Crippen LogP contribution is 2.44. The molecule has 2 bridgehead atoms. The summed E-state index contributed by atoms with van der Waals surface area (Å²) in [5.74, 6) is 0.750. The number of benzene rings is 3. The maximum atomic E-state index is 14.2. The number of nitrogens with zero attached hydrogens (tertiary/aromatic N) is 2. The predicted molar refractivity (Wildman–Crippen MR) is 147 cm³/mol. The third kappa shape index (κ3) is 4.67. The molecule has 0 radical (unpaired) electrons. The molecule has 0 N–H and O–H groups in total. The number of pyridine rings is 1. The topological polar surface area (TPSA) is 42.4 Å². The number of rotatable bonds is 7. The first-order valence-electron chi connectivity index (χ1n) is 13.6. The van der Waals surface area contributed by atoms with E-state index >= 15 is 0 Å². The summed E-state index contributed by atoms with van der Waals surface area (Å²) in [7, 11) is 0. The number of hydrogen-bond donors (Lipinski definition) is 0. The van der Waals surface area contributed by atoms with E-state index in [1.165, 1.54) is 12.8 Å². The fourth-order valence-corrected chi connectivity index (χ4v) is 6.62. The zero-order valence-corrected chi connectivity index (χ0v) is 21.4. The smallest absolute Gasteiger partial charge is 0.318 e. The van der Waals surface area contributed by atoms with Crippen molar-refractivity contribution < 1.29 is 9.53 Å². The van der Waals surface area contributed by atoms with Crippen LogP contribution in [0.25, 0.3) is 10.9 Å². The molecule has 1 aromatic heterocycles. The molecular weight excluding hydrogens is 456 g/mol. The van der Waals surface area contributed by atoms with Crippen LogP contribution in [0.3, 0.4) is 0 Å². The molecule has 3 saturated heterocycles. The molecule has 0 amide bonds. The molecule has 4 heterocycles. The lowest BCUT2D eigenvalue weighted by atomic mass is 9.72. The van der Waals surface area contributed by atoms with Crippen molar-refractivity contribution in [3.63, 3.8) is 0 Å². The summed E-state index contributed by atoms with van der Waals surface area (Å²) in [5, 5.41) is 1.06. The third-order valence-electron chi connectivity index (χ3n) is 8.54. The van der Waals surface area contributed by atoms with Gasteiger partial charge in [0.15, 0.2) is 0 Å². The van der Waals surface area contributed by atoms with Gasteiger partial charge in [-0.1, -0.05) is 92.2 Å². The van der Waals surface area contributed by atoms with Crippen molar-refractivity contribution in [1.82, 2.24) is 9.88 Å². The van der Waals surface area contributed by atoms with E-state index in [9.17, 15) is 4.79 Å². The van der Waals surface area contributed by atoms with Crippen LogP contribution in [0.15, 0.2) is 97.2 Å². The van der Waals surface area contributed by atoms with E-state index in [1.54, 1.807) is 0 Å². The first-order chi connectivity index (χ1) is 18.2. The number of piperidine rings is 3. The molecule has 7 rings (SSSR count). The number of fused-ring (bicyclic) bond motifs is 4. The minimum atomic E-state index is -0.475. The molecule has 4 nitrogen and oxygen atoms in total. The number of carbonyl (C=O) groups excluding carboxylic acids is 1. The summed E-state index contributed by atoms with van der Waals surface area (Å²) in [5.41, 5.74) is 3.90. The van der Waals surface area contributed by atoms with E-state index < -0.39 is 5.92 Å². The van der Waals surface area contributed by atoms with E-state index in [0.717, 1.165) is 53.0 Å². The second-order valence-electron chi connectivity index (χ2n) is 10.5. The van der Waals surface area contributed by atoms with Crippen molar-refractivity contribution in [3.05, 3.63) is 114 Å². The molecule has 4 aromatic rings. The Morgan fingerprint density at radius 1 is 0.946 bits per heavy atom. The Labute approximate surface area is 219 Å². The Bertz CT molecular complexity index is 1310. The molecular formula is C33H34N2O2. The van der Waals surface area contributed by atoms with Crippen LogP contribution in [-0.2, 0) is 9.53 Å². The number of esters is 1. The zero-order chi connectivity index (χ0) is 25.2. The Balaban J connectivity index is 1.41. The van der Waals surface area contributed by atoms with Crippen molar-refractivity contribution in [3.8, 4) is 0 Å². The largest absolute Gasteiger partial charge is 0.455 e. The fourth-order valence-electron chi connectivity index (χ4n) is 6.62. The summed E-state index contributed by atoms with van der Waals surface area (Å²) in [4.78, 5) is 21.4. The summed E-state index contributed by atoms with van der Waals surface area (Å²) < 4.78 is 6.67. The third-order valence-corrected chi connectivity index (χ3v) is 8.54. The minimum Gasteiger partial charge on any atom is -0.455 e. The first kappa shape index (κ1) is 23.9. The van der Waals surface area contributed by atoms with E-state index in [1.807, 2.05) is 85.1 Å². The molecule has 188 valence electrons. The molecule has 5 atom stereocenters. The van der Waals surface area contributed by atoms with Gasteiger partial charge in [0.25, 0.3) is 0 Å². The molecule has 3 aromatic carbocycles. The van der Waals surface area contributed by atoms with Gasteiger partial charge in [-0.3, -0.25) is 14.7 Å². The van der Waals surface area contributed by atoms with Gasteiger partial charge in [0.05, 0.1) is 11.6 Å². The van der Waals surface area contributed by atoms with E-state index in [2.05, 4.69) is 28.9 Å². The number of carbonyl (C=O) groups is 1. The summed E-state index contributed by atoms with van der Waals surface area (Å²) in [6, 6.07) is 30.4. The van der Waals surface area contributed by atoms with E-state index in [0.29, 0.717) is 5.92 Å². The van der Waals surface area contributed by atoms with Crippen molar-refractivity contribution in [2.24, 2.45) is 11.8 Å². The zero-order valence-electron chi connectivity index (χ0n) is 21.4. The minimum absolute atomic E-state index is 0.170. The van der Waals surface area contributed by atoms with Crippen LogP contribution < -0.4 is 0 Å². The van der Waals surface area contributed by atoms with Crippen molar-refractivity contribution in [1.29, 1.82) is 0 Å². The molecule has 0 aliphatic carbocycles. The van der Waals surface area contributed by atoms with Gasteiger partial charge < -0.3 is 4.74 Å². The quantitative estimate of drug-likeness (QED) is 0.268. The normalized spacial score (nSPS) is 23.7. The SMILES string of the molecule is CC[C@H]1CN2CC[C@@H]1C[C@H]2[C@H](OC(=O)C(c1ccccc1)c1ccccc1)c1ccnc2ccccc12. The molecule has 3 aliphatic rings. The van der Waals surface area contributed by atoms with E-state index in [-0.39, 0.29) is 18.1 Å². The van der Waals surface area contributed by atoms with Crippen LogP contribution in [0, 0.1) is 11.8 Å².